The fourth-order valence-corrected chi connectivity index (χ4v) is 2.13. The lowest BCUT2D eigenvalue weighted by Gasteiger charge is -2.13. The zero-order chi connectivity index (χ0) is 18.8. The van der Waals surface area contributed by atoms with E-state index in [1.807, 2.05) is 24.3 Å². The first kappa shape index (κ1) is 19.3. The number of aldehydes is 1. The number of benzene rings is 2. The van der Waals surface area contributed by atoms with Gasteiger partial charge in [-0.2, -0.15) is 0 Å². The molecule has 0 radical (unpaired) electrons. The number of ether oxygens (including phenoxy) is 5. The Bertz CT molecular complexity index is 786. The van der Waals surface area contributed by atoms with E-state index in [2.05, 4.69) is 11.8 Å². The molecule has 2 aromatic rings. The summed E-state index contributed by atoms with van der Waals surface area (Å²) in [6, 6.07) is 10.6. The quantitative estimate of drug-likeness (QED) is 0.412. The van der Waals surface area contributed by atoms with Gasteiger partial charge < -0.3 is 23.7 Å². The van der Waals surface area contributed by atoms with Crippen LogP contribution in [0, 0.1) is 11.8 Å². The number of hydrogen-bond donors (Lipinski definition) is 0. The van der Waals surface area contributed by atoms with Crippen LogP contribution in [0.25, 0.3) is 0 Å². The first-order valence-electron chi connectivity index (χ1n) is 7.75. The van der Waals surface area contributed by atoms with Gasteiger partial charge in [-0.15, -0.1) is 0 Å². The van der Waals surface area contributed by atoms with Crippen LogP contribution in [0.1, 0.15) is 21.5 Å². The van der Waals surface area contributed by atoms with Crippen molar-refractivity contribution in [2.75, 3.05) is 34.9 Å². The Morgan fingerprint density at radius 2 is 1.46 bits per heavy atom. The molecular formula is C20H20O6. The number of carbonyl (C=O) groups excluding carboxylic acids is 1. The fourth-order valence-electron chi connectivity index (χ4n) is 2.13. The van der Waals surface area contributed by atoms with Crippen LogP contribution in [0.3, 0.4) is 0 Å². The summed E-state index contributed by atoms with van der Waals surface area (Å²) >= 11 is 0. The lowest BCUT2D eigenvalue weighted by Crippen LogP contribution is -2.06. The van der Waals surface area contributed by atoms with E-state index in [0.717, 1.165) is 11.3 Å². The predicted molar refractivity (Wildman–Crippen MR) is 95.8 cm³/mol. The summed E-state index contributed by atoms with van der Waals surface area (Å²) in [6.45, 7) is 0.0538. The van der Waals surface area contributed by atoms with E-state index in [0.29, 0.717) is 23.3 Å². The molecule has 0 saturated carbocycles. The van der Waals surface area contributed by atoms with Crippen LogP contribution in [0.15, 0.2) is 36.4 Å². The molecule has 0 unspecified atom stereocenters. The number of methoxy groups -OCH3 is 3. The van der Waals surface area contributed by atoms with E-state index in [-0.39, 0.29) is 19.1 Å². The second-order valence-electron chi connectivity index (χ2n) is 5.05. The first-order valence-corrected chi connectivity index (χ1v) is 7.75. The van der Waals surface area contributed by atoms with Gasteiger partial charge >= 0.3 is 0 Å². The average molecular weight is 356 g/mol. The van der Waals surface area contributed by atoms with Crippen molar-refractivity contribution >= 4 is 6.29 Å². The van der Waals surface area contributed by atoms with Crippen LogP contribution < -0.4 is 14.2 Å². The standard InChI is InChI=1S/C20H20O6/c1-22-13-25-19-10-11-20(26-14-23-2)18(12-21)17(19)9-6-15-4-7-16(24-3)8-5-15/h4-5,7-8,10-12H,13-14H2,1-3H3. The topological polar surface area (TPSA) is 63.2 Å². The monoisotopic (exact) mass is 356 g/mol. The highest BCUT2D eigenvalue weighted by Gasteiger charge is 2.14. The SMILES string of the molecule is COCOc1ccc(OCOC)c(C=O)c1C#Cc1ccc(OC)cc1. The van der Waals surface area contributed by atoms with Crippen molar-refractivity contribution in [3.05, 3.63) is 53.1 Å². The highest BCUT2D eigenvalue weighted by Crippen LogP contribution is 2.29. The molecule has 0 aliphatic rings. The van der Waals surface area contributed by atoms with Crippen molar-refractivity contribution < 1.29 is 28.5 Å². The molecule has 6 nitrogen and oxygen atoms in total. The van der Waals surface area contributed by atoms with Gasteiger partial charge in [0.05, 0.1) is 18.2 Å². The van der Waals surface area contributed by atoms with E-state index in [4.69, 9.17) is 23.7 Å². The smallest absolute Gasteiger partial charge is 0.188 e. The molecule has 0 N–H and O–H groups in total. The summed E-state index contributed by atoms with van der Waals surface area (Å²) in [7, 11) is 4.61. The molecule has 0 spiro atoms. The molecule has 0 fully saturated rings. The van der Waals surface area contributed by atoms with Crippen LogP contribution in [-0.2, 0) is 9.47 Å². The van der Waals surface area contributed by atoms with Crippen LogP contribution in [0.2, 0.25) is 0 Å². The molecule has 0 saturated heterocycles. The Labute approximate surface area is 152 Å². The molecule has 6 heteroatoms. The van der Waals surface area contributed by atoms with Crippen molar-refractivity contribution in [1.29, 1.82) is 0 Å². The van der Waals surface area contributed by atoms with Crippen LogP contribution >= 0.6 is 0 Å². The molecule has 0 atom stereocenters. The van der Waals surface area contributed by atoms with Crippen molar-refractivity contribution in [2.45, 2.75) is 0 Å². The molecule has 0 aromatic heterocycles. The van der Waals surface area contributed by atoms with Gasteiger partial charge in [0, 0.05) is 19.8 Å². The van der Waals surface area contributed by atoms with Crippen molar-refractivity contribution in [2.24, 2.45) is 0 Å². The summed E-state index contributed by atoms with van der Waals surface area (Å²) < 4.78 is 25.9. The lowest BCUT2D eigenvalue weighted by atomic mass is 10.1. The van der Waals surface area contributed by atoms with E-state index >= 15 is 0 Å². The number of rotatable bonds is 8. The van der Waals surface area contributed by atoms with Gasteiger partial charge in [0.1, 0.15) is 17.2 Å². The second kappa shape index (κ2) is 10.1. The molecule has 0 aliphatic heterocycles. The van der Waals surface area contributed by atoms with Gasteiger partial charge in [0.25, 0.3) is 0 Å². The molecule has 0 aliphatic carbocycles. The second-order valence-corrected chi connectivity index (χ2v) is 5.05. The largest absolute Gasteiger partial charge is 0.497 e. The van der Waals surface area contributed by atoms with Crippen molar-refractivity contribution in [3.8, 4) is 29.1 Å². The summed E-state index contributed by atoms with van der Waals surface area (Å²) in [6.07, 6.45) is 0.683. The predicted octanol–water partition coefficient (Wildman–Crippen LogP) is 2.87. The summed E-state index contributed by atoms with van der Waals surface area (Å²) in [4.78, 5) is 11.6. The third-order valence-electron chi connectivity index (χ3n) is 3.37. The minimum atomic E-state index is 0.0183. The molecule has 0 bridgehead atoms. The van der Waals surface area contributed by atoms with Gasteiger partial charge in [-0.25, -0.2) is 0 Å². The summed E-state index contributed by atoms with van der Waals surface area (Å²) in [5.41, 5.74) is 1.47. The molecular weight excluding hydrogens is 336 g/mol. The molecule has 0 heterocycles. The molecule has 26 heavy (non-hydrogen) atoms. The van der Waals surface area contributed by atoms with Gasteiger partial charge in [-0.3, -0.25) is 4.79 Å². The maximum Gasteiger partial charge on any atom is 0.188 e. The Balaban J connectivity index is 2.44. The van der Waals surface area contributed by atoms with Crippen molar-refractivity contribution in [3.63, 3.8) is 0 Å². The number of carbonyl (C=O) groups is 1. The van der Waals surface area contributed by atoms with Gasteiger partial charge in [-0.1, -0.05) is 11.8 Å². The zero-order valence-electron chi connectivity index (χ0n) is 14.9. The van der Waals surface area contributed by atoms with E-state index < -0.39 is 0 Å². The minimum absolute atomic E-state index is 0.0183. The maximum atomic E-state index is 11.6. The fraction of sp³-hybridized carbons (Fsp3) is 0.250. The molecule has 136 valence electrons. The Hall–Kier alpha value is -3.01. The summed E-state index contributed by atoms with van der Waals surface area (Å²) in [5.74, 6) is 7.54. The Morgan fingerprint density at radius 1 is 0.846 bits per heavy atom. The van der Waals surface area contributed by atoms with Crippen LogP contribution in [0.5, 0.6) is 17.2 Å². The van der Waals surface area contributed by atoms with E-state index in [1.165, 1.54) is 14.2 Å². The average Bonchev–Trinajstić information content (AvgIpc) is 2.69. The first-order chi connectivity index (χ1) is 12.7. The number of hydrogen-bond acceptors (Lipinski definition) is 6. The van der Waals surface area contributed by atoms with E-state index in [9.17, 15) is 4.79 Å². The molecule has 0 amide bonds. The summed E-state index contributed by atoms with van der Waals surface area (Å²) in [5, 5.41) is 0. The molecule has 2 aromatic carbocycles. The van der Waals surface area contributed by atoms with Crippen LogP contribution in [0.4, 0.5) is 0 Å². The highest BCUT2D eigenvalue weighted by molar-refractivity contribution is 5.85. The Kier molecular flexibility index (Phi) is 7.49. The van der Waals surface area contributed by atoms with E-state index in [1.54, 1.807) is 19.2 Å². The van der Waals surface area contributed by atoms with Gasteiger partial charge in [-0.05, 0) is 36.4 Å². The van der Waals surface area contributed by atoms with Crippen LogP contribution in [-0.4, -0.2) is 41.2 Å². The zero-order valence-corrected chi connectivity index (χ0v) is 14.9. The maximum absolute atomic E-state index is 11.6. The van der Waals surface area contributed by atoms with Gasteiger partial charge in [0.15, 0.2) is 19.9 Å². The van der Waals surface area contributed by atoms with Gasteiger partial charge in [0.2, 0.25) is 0 Å². The minimum Gasteiger partial charge on any atom is -0.497 e. The third-order valence-corrected chi connectivity index (χ3v) is 3.37. The normalized spacial score (nSPS) is 9.81. The van der Waals surface area contributed by atoms with Crippen molar-refractivity contribution in [1.82, 2.24) is 0 Å². The highest BCUT2D eigenvalue weighted by atomic mass is 16.7. The third kappa shape index (κ3) is 4.99. The Morgan fingerprint density at radius 3 is 2.04 bits per heavy atom. The lowest BCUT2D eigenvalue weighted by molar-refractivity contribution is 0.0477. The molecule has 2 rings (SSSR count).